The van der Waals surface area contributed by atoms with Crippen LogP contribution in [-0.2, 0) is 4.79 Å². The fourth-order valence-corrected chi connectivity index (χ4v) is 4.66. The van der Waals surface area contributed by atoms with Crippen molar-refractivity contribution in [2.75, 3.05) is 42.8 Å². The van der Waals surface area contributed by atoms with Gasteiger partial charge in [0.15, 0.2) is 11.6 Å². The molecule has 2 aliphatic rings. The van der Waals surface area contributed by atoms with Crippen LogP contribution in [0.3, 0.4) is 0 Å². The van der Waals surface area contributed by atoms with E-state index in [-0.39, 0.29) is 17.6 Å². The first-order chi connectivity index (χ1) is 14.5. The molecule has 1 aromatic carbocycles. The minimum Gasteiger partial charge on any atom is -0.362 e. The van der Waals surface area contributed by atoms with Crippen molar-refractivity contribution >= 4 is 46.0 Å². The molecule has 1 aromatic rings. The molecule has 0 radical (unpaired) electrons. The summed E-state index contributed by atoms with van der Waals surface area (Å²) in [4.78, 5) is 29.7. The fraction of sp³-hybridized carbons (Fsp3) is 0.500. The molecule has 1 aliphatic heterocycles. The maximum Gasteiger partial charge on any atom is 0.164 e. The molecule has 4 nitrogen and oxygen atoms in total. The minimum absolute atomic E-state index is 0.0522. The number of carbonyl (C=O) groups excluding carboxylic acids is 2. The summed E-state index contributed by atoms with van der Waals surface area (Å²) >= 11 is 11.6. The highest BCUT2D eigenvalue weighted by Crippen LogP contribution is 2.44. The largest absolute Gasteiger partial charge is 0.362 e. The van der Waals surface area contributed by atoms with Gasteiger partial charge in [0.25, 0.3) is 0 Å². The van der Waals surface area contributed by atoms with Crippen molar-refractivity contribution in [3.8, 4) is 0 Å². The third kappa shape index (κ3) is 4.82. The van der Waals surface area contributed by atoms with Gasteiger partial charge in [0, 0.05) is 60.1 Å². The first-order valence-electron chi connectivity index (χ1n) is 10.8. The highest BCUT2D eigenvalue weighted by molar-refractivity contribution is 6.20. The van der Waals surface area contributed by atoms with Crippen molar-refractivity contribution in [1.29, 1.82) is 0 Å². The van der Waals surface area contributed by atoms with Gasteiger partial charge in [-0.25, -0.2) is 0 Å². The minimum atomic E-state index is 0.0522. The van der Waals surface area contributed by atoms with E-state index < -0.39 is 0 Å². The average Bonchev–Trinajstić information content (AvgIpc) is 3.07. The van der Waals surface area contributed by atoms with E-state index in [2.05, 4.69) is 29.7 Å². The Morgan fingerprint density at radius 3 is 2.47 bits per heavy atom. The predicted molar refractivity (Wildman–Crippen MR) is 126 cm³/mol. The molecule has 1 atom stereocenters. The second kappa shape index (κ2) is 10.6. The molecule has 0 saturated carbocycles. The zero-order valence-corrected chi connectivity index (χ0v) is 19.3. The number of nitrogens with zero attached hydrogens (tertiary/aromatic N) is 2. The van der Waals surface area contributed by atoms with Crippen molar-refractivity contribution in [2.24, 2.45) is 0 Å². The Bertz CT molecular complexity index is 859. The molecule has 0 bridgehead atoms. The summed E-state index contributed by atoms with van der Waals surface area (Å²) in [5.74, 6) is 0.772. The van der Waals surface area contributed by atoms with E-state index in [9.17, 15) is 9.59 Å². The Labute approximate surface area is 189 Å². The topological polar surface area (TPSA) is 40.6 Å². The normalized spacial score (nSPS) is 17.5. The monoisotopic (exact) mass is 448 g/mol. The zero-order chi connectivity index (χ0) is 21.7. The molecule has 1 aliphatic carbocycles. The summed E-state index contributed by atoms with van der Waals surface area (Å²) in [7, 11) is 0. The second-order valence-electron chi connectivity index (χ2n) is 7.69. The number of Topliss-reactive ketones (excluding diaryl/α,β-unsaturated/α-hetero) is 2. The average molecular weight is 449 g/mol. The van der Waals surface area contributed by atoms with Gasteiger partial charge in [0.05, 0.1) is 6.04 Å². The number of ketones is 2. The number of halogens is 2. The lowest BCUT2D eigenvalue weighted by Gasteiger charge is -2.31. The van der Waals surface area contributed by atoms with Crippen molar-refractivity contribution in [1.82, 2.24) is 4.90 Å². The molecule has 1 heterocycles. The van der Waals surface area contributed by atoms with Crippen LogP contribution >= 0.6 is 23.2 Å². The van der Waals surface area contributed by atoms with Gasteiger partial charge in [0.1, 0.15) is 0 Å². The van der Waals surface area contributed by atoms with Gasteiger partial charge in [-0.2, -0.15) is 0 Å². The number of likely N-dealkylation sites (N-methyl/N-ethyl adjacent to an activating group) is 1. The van der Waals surface area contributed by atoms with Crippen LogP contribution in [0.1, 0.15) is 49.0 Å². The van der Waals surface area contributed by atoms with Crippen molar-refractivity contribution in [3.05, 3.63) is 47.1 Å². The molecular weight excluding hydrogens is 419 g/mol. The first-order valence-corrected chi connectivity index (χ1v) is 11.8. The summed E-state index contributed by atoms with van der Waals surface area (Å²) in [5.41, 5.74) is 4.74. The van der Waals surface area contributed by atoms with Crippen LogP contribution in [0.2, 0.25) is 0 Å². The maximum absolute atomic E-state index is 12.4. The Morgan fingerprint density at radius 1 is 1.10 bits per heavy atom. The molecule has 0 fully saturated rings. The Kier molecular flexibility index (Phi) is 8.15. The van der Waals surface area contributed by atoms with Crippen LogP contribution in [0.15, 0.2) is 35.9 Å². The van der Waals surface area contributed by atoms with Gasteiger partial charge in [-0.05, 0) is 49.4 Å². The Balaban J connectivity index is 1.96. The smallest absolute Gasteiger partial charge is 0.164 e. The van der Waals surface area contributed by atoms with E-state index in [0.717, 1.165) is 55.0 Å². The quantitative estimate of drug-likeness (QED) is 0.355. The molecule has 3 rings (SSSR count). The molecule has 162 valence electrons. The number of anilines is 1. The number of benzene rings is 1. The van der Waals surface area contributed by atoms with E-state index in [1.165, 1.54) is 0 Å². The fourth-order valence-electron chi connectivity index (χ4n) is 4.32. The highest BCUT2D eigenvalue weighted by atomic mass is 35.5. The first kappa shape index (κ1) is 23.1. The lowest BCUT2D eigenvalue weighted by Crippen LogP contribution is -2.39. The molecule has 0 aromatic heterocycles. The highest BCUT2D eigenvalue weighted by Gasteiger charge is 2.36. The molecule has 0 saturated heterocycles. The SMILES string of the molecule is CCN(CC)CCN1c2ccc(C(=O)CCCl)cc2C2=CC(C(=O)CCCl)=CCC21. The number of carbonyl (C=O) groups is 2. The molecule has 30 heavy (non-hydrogen) atoms. The van der Waals surface area contributed by atoms with Gasteiger partial charge in [-0.3, -0.25) is 9.59 Å². The van der Waals surface area contributed by atoms with E-state index in [0.29, 0.717) is 30.2 Å². The van der Waals surface area contributed by atoms with Crippen LogP contribution in [0.25, 0.3) is 5.57 Å². The zero-order valence-electron chi connectivity index (χ0n) is 17.8. The number of allylic oxidation sites excluding steroid dienone is 2. The summed E-state index contributed by atoms with van der Waals surface area (Å²) in [6, 6.07) is 6.14. The predicted octanol–water partition coefficient (Wildman–Crippen LogP) is 4.94. The number of hydrogen-bond donors (Lipinski definition) is 0. The van der Waals surface area contributed by atoms with Crippen LogP contribution in [0, 0.1) is 0 Å². The van der Waals surface area contributed by atoms with Gasteiger partial charge in [-0.1, -0.05) is 19.9 Å². The molecule has 6 heteroatoms. The standard InChI is InChI=1S/C24H30Cl2N2O2/c1-3-27(4-2)13-14-28-21-7-5-17(23(29)9-11-25)15-19(21)20-16-18(6-8-22(20)28)24(30)10-12-26/h5-7,15-16,22H,3-4,8-14H2,1-2H3. The van der Waals surface area contributed by atoms with E-state index >= 15 is 0 Å². The number of hydrogen-bond acceptors (Lipinski definition) is 4. The van der Waals surface area contributed by atoms with E-state index in [1.807, 2.05) is 24.3 Å². The third-order valence-corrected chi connectivity index (χ3v) is 6.44. The van der Waals surface area contributed by atoms with Crippen molar-refractivity contribution in [3.63, 3.8) is 0 Å². The molecular formula is C24H30Cl2N2O2. The molecule has 0 spiro atoms. The molecule has 0 N–H and O–H groups in total. The second-order valence-corrected chi connectivity index (χ2v) is 8.44. The maximum atomic E-state index is 12.4. The van der Waals surface area contributed by atoms with Crippen LogP contribution < -0.4 is 4.90 Å². The molecule has 0 amide bonds. The number of alkyl halides is 2. The lowest BCUT2D eigenvalue weighted by atomic mass is 9.89. The van der Waals surface area contributed by atoms with Crippen molar-refractivity contribution < 1.29 is 9.59 Å². The van der Waals surface area contributed by atoms with Crippen LogP contribution in [0.5, 0.6) is 0 Å². The van der Waals surface area contributed by atoms with E-state index in [1.54, 1.807) is 0 Å². The number of fused-ring (bicyclic) bond motifs is 3. The summed E-state index contributed by atoms with van der Waals surface area (Å²) in [6.45, 7) is 8.29. The summed E-state index contributed by atoms with van der Waals surface area (Å²) in [5, 5.41) is 0. The summed E-state index contributed by atoms with van der Waals surface area (Å²) < 4.78 is 0. The molecule has 1 unspecified atom stereocenters. The van der Waals surface area contributed by atoms with Gasteiger partial charge in [0.2, 0.25) is 0 Å². The lowest BCUT2D eigenvalue weighted by molar-refractivity contribution is -0.114. The van der Waals surface area contributed by atoms with Gasteiger partial charge < -0.3 is 9.80 Å². The third-order valence-electron chi connectivity index (χ3n) is 6.06. The van der Waals surface area contributed by atoms with Gasteiger partial charge >= 0.3 is 0 Å². The Morgan fingerprint density at radius 2 is 1.80 bits per heavy atom. The van der Waals surface area contributed by atoms with Crippen LogP contribution in [0.4, 0.5) is 5.69 Å². The Hall–Kier alpha value is -1.62. The number of rotatable bonds is 11. The van der Waals surface area contributed by atoms with Crippen molar-refractivity contribution in [2.45, 2.75) is 39.2 Å². The van der Waals surface area contributed by atoms with Crippen LogP contribution in [-0.4, -0.2) is 60.4 Å². The van der Waals surface area contributed by atoms with E-state index in [4.69, 9.17) is 23.2 Å². The van der Waals surface area contributed by atoms with Gasteiger partial charge in [-0.15, -0.1) is 23.2 Å². The summed E-state index contributed by atoms with van der Waals surface area (Å²) in [6.07, 6.45) is 5.50.